The highest BCUT2D eigenvalue weighted by atomic mass is 127. The first-order chi connectivity index (χ1) is 6.66. The second kappa shape index (κ2) is 5.19. The number of amides is 1. The molecule has 1 rings (SSSR count). The predicted molar refractivity (Wildman–Crippen MR) is 63.5 cm³/mol. The number of hydrogen-bond donors (Lipinski definition) is 1. The van der Waals surface area contributed by atoms with E-state index in [1.165, 1.54) is 0 Å². The number of nitrogens with two attached hydrogens (primary N) is 1. The van der Waals surface area contributed by atoms with Crippen molar-refractivity contribution in [1.82, 2.24) is 0 Å². The average molecular weight is 305 g/mol. The Bertz CT molecular complexity index is 339. The summed E-state index contributed by atoms with van der Waals surface area (Å²) in [5.41, 5.74) is 5.68. The minimum Gasteiger partial charge on any atom is -0.492 e. The smallest absolute Gasteiger partial charge is 0.252 e. The quantitative estimate of drug-likeness (QED) is 0.867. The number of carbonyl (C=O) groups excluding carboxylic acids is 1. The van der Waals surface area contributed by atoms with Gasteiger partial charge in [-0.1, -0.05) is 13.0 Å². The van der Waals surface area contributed by atoms with Crippen LogP contribution in [0.3, 0.4) is 0 Å². The number of benzene rings is 1. The monoisotopic (exact) mass is 305 g/mol. The molecular weight excluding hydrogens is 293 g/mol. The Morgan fingerprint density at radius 1 is 1.57 bits per heavy atom. The molecule has 0 aliphatic rings. The van der Waals surface area contributed by atoms with Gasteiger partial charge in [0, 0.05) is 0 Å². The molecule has 0 bridgehead atoms. The fraction of sp³-hybridized carbons (Fsp3) is 0.300. The molecule has 14 heavy (non-hydrogen) atoms. The summed E-state index contributed by atoms with van der Waals surface area (Å²) in [6, 6.07) is 5.36. The highest BCUT2D eigenvalue weighted by molar-refractivity contribution is 14.1. The van der Waals surface area contributed by atoms with Crippen molar-refractivity contribution in [1.29, 1.82) is 0 Å². The Morgan fingerprint density at radius 3 is 2.86 bits per heavy atom. The number of primary amides is 1. The lowest BCUT2D eigenvalue weighted by atomic mass is 10.2. The van der Waals surface area contributed by atoms with Crippen molar-refractivity contribution in [3.8, 4) is 5.75 Å². The van der Waals surface area contributed by atoms with Gasteiger partial charge in [-0.15, -0.1) is 0 Å². The standard InChI is InChI=1S/C10H12INO2/c1-2-6-14-9-7(10(12)13)4-3-5-8(9)11/h3-5H,2,6H2,1H3,(H2,12,13). The zero-order valence-electron chi connectivity index (χ0n) is 7.92. The van der Waals surface area contributed by atoms with E-state index in [0.29, 0.717) is 17.9 Å². The van der Waals surface area contributed by atoms with E-state index < -0.39 is 5.91 Å². The molecule has 1 amide bonds. The van der Waals surface area contributed by atoms with Gasteiger partial charge < -0.3 is 10.5 Å². The Kier molecular flexibility index (Phi) is 4.19. The number of para-hydroxylation sites is 1. The van der Waals surface area contributed by atoms with Crippen LogP contribution in [0.2, 0.25) is 0 Å². The summed E-state index contributed by atoms with van der Waals surface area (Å²) in [7, 11) is 0. The van der Waals surface area contributed by atoms with Crippen LogP contribution in [0.4, 0.5) is 0 Å². The summed E-state index contributed by atoms with van der Waals surface area (Å²) in [5.74, 6) is 0.150. The Balaban J connectivity index is 3.02. The first-order valence-corrected chi connectivity index (χ1v) is 5.45. The second-order valence-electron chi connectivity index (χ2n) is 2.83. The number of ether oxygens (including phenoxy) is 1. The summed E-state index contributed by atoms with van der Waals surface area (Å²) in [5, 5.41) is 0. The maximum Gasteiger partial charge on any atom is 0.252 e. The van der Waals surface area contributed by atoms with Crippen LogP contribution in [0.25, 0.3) is 0 Å². The van der Waals surface area contributed by atoms with E-state index in [2.05, 4.69) is 22.6 Å². The molecule has 0 saturated heterocycles. The van der Waals surface area contributed by atoms with Gasteiger partial charge in [-0.05, 0) is 41.1 Å². The summed E-state index contributed by atoms with van der Waals surface area (Å²) in [4.78, 5) is 11.1. The highest BCUT2D eigenvalue weighted by Gasteiger charge is 2.11. The van der Waals surface area contributed by atoms with Crippen molar-refractivity contribution in [2.45, 2.75) is 13.3 Å². The summed E-state index contributed by atoms with van der Waals surface area (Å²) in [6.07, 6.45) is 0.906. The molecule has 4 heteroatoms. The summed E-state index contributed by atoms with van der Waals surface area (Å²) in [6.45, 7) is 2.61. The lowest BCUT2D eigenvalue weighted by Gasteiger charge is -2.10. The van der Waals surface area contributed by atoms with Gasteiger partial charge in [0.2, 0.25) is 0 Å². The van der Waals surface area contributed by atoms with Crippen molar-refractivity contribution in [2.75, 3.05) is 6.61 Å². The van der Waals surface area contributed by atoms with Gasteiger partial charge in [0.1, 0.15) is 5.75 Å². The number of halogens is 1. The molecule has 76 valence electrons. The van der Waals surface area contributed by atoms with Crippen LogP contribution in [-0.4, -0.2) is 12.5 Å². The minimum absolute atomic E-state index is 0.449. The normalized spacial score (nSPS) is 9.86. The Hall–Kier alpha value is -0.780. The van der Waals surface area contributed by atoms with E-state index >= 15 is 0 Å². The van der Waals surface area contributed by atoms with Gasteiger partial charge >= 0.3 is 0 Å². The SMILES string of the molecule is CCCOc1c(I)cccc1C(N)=O. The molecular formula is C10H12INO2. The van der Waals surface area contributed by atoms with Gasteiger partial charge in [-0.25, -0.2) is 0 Å². The average Bonchev–Trinajstić information content (AvgIpc) is 2.15. The van der Waals surface area contributed by atoms with E-state index in [0.717, 1.165) is 9.99 Å². The first kappa shape index (κ1) is 11.3. The number of carbonyl (C=O) groups is 1. The van der Waals surface area contributed by atoms with Crippen LogP contribution in [0.15, 0.2) is 18.2 Å². The molecule has 0 spiro atoms. The maximum absolute atomic E-state index is 11.1. The van der Waals surface area contributed by atoms with Crippen LogP contribution in [-0.2, 0) is 0 Å². The second-order valence-corrected chi connectivity index (χ2v) is 3.99. The van der Waals surface area contributed by atoms with Crippen LogP contribution in [0.5, 0.6) is 5.75 Å². The fourth-order valence-electron chi connectivity index (χ4n) is 1.05. The summed E-state index contributed by atoms with van der Waals surface area (Å²) >= 11 is 2.13. The molecule has 2 N–H and O–H groups in total. The molecule has 1 aromatic carbocycles. The van der Waals surface area contributed by atoms with Crippen molar-refractivity contribution in [3.05, 3.63) is 27.3 Å². The lowest BCUT2D eigenvalue weighted by Crippen LogP contribution is -2.14. The Morgan fingerprint density at radius 2 is 2.29 bits per heavy atom. The first-order valence-electron chi connectivity index (χ1n) is 4.38. The molecule has 0 heterocycles. The fourth-order valence-corrected chi connectivity index (χ4v) is 1.71. The van der Waals surface area contributed by atoms with Gasteiger partial charge in [-0.3, -0.25) is 4.79 Å². The van der Waals surface area contributed by atoms with Crippen LogP contribution in [0.1, 0.15) is 23.7 Å². The molecule has 1 aromatic rings. The number of rotatable bonds is 4. The van der Waals surface area contributed by atoms with E-state index in [9.17, 15) is 4.79 Å². The third kappa shape index (κ3) is 2.60. The van der Waals surface area contributed by atoms with E-state index in [1.54, 1.807) is 12.1 Å². The summed E-state index contributed by atoms with van der Waals surface area (Å²) < 4.78 is 6.38. The van der Waals surface area contributed by atoms with E-state index in [1.807, 2.05) is 13.0 Å². The van der Waals surface area contributed by atoms with E-state index in [4.69, 9.17) is 10.5 Å². The molecule has 3 nitrogen and oxygen atoms in total. The molecule has 0 atom stereocenters. The van der Waals surface area contributed by atoms with Crippen LogP contribution in [0, 0.1) is 3.57 Å². The van der Waals surface area contributed by atoms with Crippen LogP contribution >= 0.6 is 22.6 Å². The predicted octanol–water partition coefficient (Wildman–Crippen LogP) is 2.18. The molecule has 0 aliphatic heterocycles. The van der Waals surface area contributed by atoms with Crippen molar-refractivity contribution in [3.63, 3.8) is 0 Å². The molecule has 0 saturated carbocycles. The highest BCUT2D eigenvalue weighted by Crippen LogP contribution is 2.25. The molecule has 0 aliphatic carbocycles. The third-order valence-electron chi connectivity index (χ3n) is 1.68. The van der Waals surface area contributed by atoms with Gasteiger partial charge in [0.25, 0.3) is 5.91 Å². The topological polar surface area (TPSA) is 52.3 Å². The van der Waals surface area contributed by atoms with Gasteiger partial charge in [-0.2, -0.15) is 0 Å². The largest absolute Gasteiger partial charge is 0.492 e. The number of hydrogen-bond acceptors (Lipinski definition) is 2. The lowest BCUT2D eigenvalue weighted by molar-refractivity contribution is 0.0996. The third-order valence-corrected chi connectivity index (χ3v) is 2.53. The zero-order valence-corrected chi connectivity index (χ0v) is 10.1. The maximum atomic E-state index is 11.1. The van der Waals surface area contributed by atoms with E-state index in [-0.39, 0.29) is 0 Å². The molecule has 0 aromatic heterocycles. The van der Waals surface area contributed by atoms with Crippen molar-refractivity contribution >= 4 is 28.5 Å². The minimum atomic E-state index is -0.449. The van der Waals surface area contributed by atoms with Gasteiger partial charge in [0.15, 0.2) is 0 Å². The van der Waals surface area contributed by atoms with Crippen molar-refractivity contribution in [2.24, 2.45) is 5.73 Å². The van der Waals surface area contributed by atoms with Gasteiger partial charge in [0.05, 0.1) is 15.7 Å². The molecule has 0 fully saturated rings. The van der Waals surface area contributed by atoms with Crippen molar-refractivity contribution < 1.29 is 9.53 Å². The van der Waals surface area contributed by atoms with Crippen LogP contribution < -0.4 is 10.5 Å². The Labute approximate surface area is 96.8 Å². The molecule has 0 unspecified atom stereocenters. The zero-order chi connectivity index (χ0) is 10.6. The molecule has 0 radical (unpaired) electrons.